The van der Waals surface area contributed by atoms with Gasteiger partial charge in [-0.05, 0) is 39.3 Å². The van der Waals surface area contributed by atoms with E-state index in [4.69, 9.17) is 5.73 Å². The summed E-state index contributed by atoms with van der Waals surface area (Å²) in [6.07, 6.45) is 4.62. The number of nitrogens with two attached hydrogens (primary N) is 1. The van der Waals surface area contributed by atoms with E-state index in [2.05, 4.69) is 17.1 Å². The summed E-state index contributed by atoms with van der Waals surface area (Å²) in [6, 6.07) is -0.160. The second-order valence-electron chi connectivity index (χ2n) is 4.79. The third-order valence-corrected chi connectivity index (χ3v) is 3.15. The third-order valence-electron chi connectivity index (χ3n) is 3.15. The van der Waals surface area contributed by atoms with Crippen LogP contribution in [-0.4, -0.2) is 42.5 Å². The van der Waals surface area contributed by atoms with Gasteiger partial charge in [-0.25, -0.2) is 0 Å². The van der Waals surface area contributed by atoms with Crippen molar-refractivity contribution in [3.8, 4) is 0 Å². The molecule has 1 unspecified atom stereocenters. The maximum absolute atomic E-state index is 11.6. The Kier molecular flexibility index (Phi) is 5.77. The molecule has 3 N–H and O–H groups in total. The van der Waals surface area contributed by atoms with Gasteiger partial charge in [0.25, 0.3) is 0 Å². The molecule has 1 aliphatic heterocycles. The Labute approximate surface area is 98.6 Å². The van der Waals surface area contributed by atoms with Gasteiger partial charge in [0.2, 0.25) is 5.91 Å². The molecule has 4 heteroatoms. The zero-order valence-electron chi connectivity index (χ0n) is 10.5. The monoisotopic (exact) mass is 227 g/mol. The maximum atomic E-state index is 11.6. The molecule has 1 amide bonds. The number of piperidine rings is 1. The zero-order valence-corrected chi connectivity index (χ0v) is 10.5. The van der Waals surface area contributed by atoms with Crippen molar-refractivity contribution in [2.45, 2.75) is 51.6 Å². The van der Waals surface area contributed by atoms with Crippen molar-refractivity contribution < 1.29 is 4.79 Å². The summed E-state index contributed by atoms with van der Waals surface area (Å²) in [6.45, 7) is 7.26. The number of hydrogen-bond acceptors (Lipinski definition) is 3. The molecule has 0 bridgehead atoms. The van der Waals surface area contributed by atoms with E-state index in [9.17, 15) is 4.79 Å². The van der Waals surface area contributed by atoms with Gasteiger partial charge in [0.1, 0.15) is 0 Å². The van der Waals surface area contributed by atoms with Crippen molar-refractivity contribution in [2.75, 3.05) is 19.6 Å². The molecule has 1 saturated heterocycles. The smallest absolute Gasteiger partial charge is 0.237 e. The quantitative estimate of drug-likeness (QED) is 0.727. The second kappa shape index (κ2) is 6.86. The minimum absolute atomic E-state index is 0.0213. The van der Waals surface area contributed by atoms with E-state index in [1.165, 1.54) is 32.4 Å². The van der Waals surface area contributed by atoms with Crippen molar-refractivity contribution in [3.63, 3.8) is 0 Å². The Balaban J connectivity index is 2.23. The van der Waals surface area contributed by atoms with Crippen LogP contribution in [0.25, 0.3) is 0 Å². The SMILES string of the molecule is CC[C@H](N)C(=O)NC(C)CN1CCCCC1. The molecule has 4 nitrogen and oxygen atoms in total. The fourth-order valence-corrected chi connectivity index (χ4v) is 2.11. The molecule has 1 heterocycles. The number of rotatable bonds is 5. The van der Waals surface area contributed by atoms with Crippen molar-refractivity contribution >= 4 is 5.91 Å². The molecule has 1 fully saturated rings. The molecule has 1 aliphatic rings. The summed E-state index contributed by atoms with van der Waals surface area (Å²) in [5.74, 6) is -0.0213. The van der Waals surface area contributed by atoms with E-state index in [-0.39, 0.29) is 18.0 Å². The molecular formula is C12H25N3O. The average Bonchev–Trinajstić information content (AvgIpc) is 2.29. The lowest BCUT2D eigenvalue weighted by atomic mass is 10.1. The van der Waals surface area contributed by atoms with Crippen LogP contribution in [0, 0.1) is 0 Å². The lowest BCUT2D eigenvalue weighted by Crippen LogP contribution is -2.48. The molecule has 1 rings (SSSR count). The minimum Gasteiger partial charge on any atom is -0.351 e. The molecule has 0 spiro atoms. The number of nitrogens with zero attached hydrogens (tertiary/aromatic N) is 1. The Morgan fingerprint density at radius 1 is 1.38 bits per heavy atom. The lowest BCUT2D eigenvalue weighted by Gasteiger charge is -2.29. The van der Waals surface area contributed by atoms with E-state index < -0.39 is 0 Å². The summed E-state index contributed by atoms with van der Waals surface area (Å²) in [4.78, 5) is 14.0. The first-order chi connectivity index (χ1) is 7.63. The number of carbonyl (C=O) groups excluding carboxylic acids is 1. The Morgan fingerprint density at radius 2 is 2.00 bits per heavy atom. The molecule has 0 saturated carbocycles. The van der Waals surface area contributed by atoms with Gasteiger partial charge in [-0.15, -0.1) is 0 Å². The molecule has 0 aromatic heterocycles. The highest BCUT2D eigenvalue weighted by Crippen LogP contribution is 2.08. The van der Waals surface area contributed by atoms with Gasteiger partial charge in [-0.3, -0.25) is 4.79 Å². The Bertz CT molecular complexity index is 214. The van der Waals surface area contributed by atoms with Gasteiger partial charge in [0.05, 0.1) is 6.04 Å². The number of nitrogens with one attached hydrogen (secondary N) is 1. The molecule has 0 aromatic carbocycles. The molecule has 0 aromatic rings. The molecular weight excluding hydrogens is 202 g/mol. The average molecular weight is 227 g/mol. The zero-order chi connectivity index (χ0) is 12.0. The van der Waals surface area contributed by atoms with Crippen LogP contribution in [0.5, 0.6) is 0 Å². The van der Waals surface area contributed by atoms with Crippen LogP contribution in [0.2, 0.25) is 0 Å². The summed E-state index contributed by atoms with van der Waals surface area (Å²) >= 11 is 0. The number of carbonyl (C=O) groups is 1. The fraction of sp³-hybridized carbons (Fsp3) is 0.917. The molecule has 16 heavy (non-hydrogen) atoms. The van der Waals surface area contributed by atoms with Crippen molar-refractivity contribution in [2.24, 2.45) is 5.73 Å². The van der Waals surface area contributed by atoms with Gasteiger partial charge in [-0.1, -0.05) is 13.3 Å². The van der Waals surface area contributed by atoms with Crippen LogP contribution >= 0.6 is 0 Å². The van der Waals surface area contributed by atoms with Gasteiger partial charge in [0, 0.05) is 12.6 Å². The molecule has 94 valence electrons. The summed E-state index contributed by atoms with van der Waals surface area (Å²) in [7, 11) is 0. The second-order valence-corrected chi connectivity index (χ2v) is 4.79. The first-order valence-corrected chi connectivity index (χ1v) is 6.41. The first-order valence-electron chi connectivity index (χ1n) is 6.41. The summed E-state index contributed by atoms with van der Waals surface area (Å²) in [5, 5.41) is 2.97. The predicted octanol–water partition coefficient (Wildman–Crippen LogP) is 0.714. The summed E-state index contributed by atoms with van der Waals surface area (Å²) < 4.78 is 0. The largest absolute Gasteiger partial charge is 0.351 e. The van der Waals surface area contributed by atoms with E-state index in [0.717, 1.165) is 6.54 Å². The van der Waals surface area contributed by atoms with Crippen molar-refractivity contribution in [1.29, 1.82) is 0 Å². The standard InChI is InChI=1S/C12H25N3O/c1-3-11(13)12(16)14-10(2)9-15-7-5-4-6-8-15/h10-11H,3-9,13H2,1-2H3,(H,14,16)/t10?,11-/m0/s1. The van der Waals surface area contributed by atoms with Crippen molar-refractivity contribution in [3.05, 3.63) is 0 Å². The van der Waals surface area contributed by atoms with E-state index in [1.54, 1.807) is 0 Å². The van der Waals surface area contributed by atoms with Crippen LogP contribution in [-0.2, 0) is 4.79 Å². The normalized spacial score (nSPS) is 21.4. The van der Waals surface area contributed by atoms with E-state index in [1.807, 2.05) is 6.92 Å². The number of likely N-dealkylation sites (tertiary alicyclic amines) is 1. The van der Waals surface area contributed by atoms with Crippen LogP contribution in [0.4, 0.5) is 0 Å². The van der Waals surface area contributed by atoms with Gasteiger partial charge < -0.3 is 16.0 Å². The number of hydrogen-bond donors (Lipinski definition) is 2. The van der Waals surface area contributed by atoms with E-state index >= 15 is 0 Å². The van der Waals surface area contributed by atoms with Gasteiger partial charge in [-0.2, -0.15) is 0 Å². The van der Waals surface area contributed by atoms with Crippen molar-refractivity contribution in [1.82, 2.24) is 10.2 Å². The van der Waals surface area contributed by atoms with Crippen LogP contribution in [0.15, 0.2) is 0 Å². The van der Waals surface area contributed by atoms with E-state index in [0.29, 0.717) is 6.42 Å². The minimum atomic E-state index is -0.358. The van der Waals surface area contributed by atoms with Gasteiger partial charge in [0.15, 0.2) is 0 Å². The Morgan fingerprint density at radius 3 is 2.56 bits per heavy atom. The van der Waals surface area contributed by atoms with Crippen LogP contribution in [0.1, 0.15) is 39.5 Å². The lowest BCUT2D eigenvalue weighted by molar-refractivity contribution is -0.123. The molecule has 2 atom stereocenters. The Hall–Kier alpha value is -0.610. The van der Waals surface area contributed by atoms with Crippen LogP contribution < -0.4 is 11.1 Å². The third kappa shape index (κ3) is 4.49. The van der Waals surface area contributed by atoms with Gasteiger partial charge >= 0.3 is 0 Å². The highest BCUT2D eigenvalue weighted by molar-refractivity contribution is 5.81. The molecule has 0 aliphatic carbocycles. The fourth-order valence-electron chi connectivity index (χ4n) is 2.11. The topological polar surface area (TPSA) is 58.4 Å². The summed E-state index contributed by atoms with van der Waals surface area (Å²) in [5.41, 5.74) is 5.67. The maximum Gasteiger partial charge on any atom is 0.237 e. The first kappa shape index (κ1) is 13.5. The number of amides is 1. The van der Waals surface area contributed by atoms with Crippen LogP contribution in [0.3, 0.4) is 0 Å². The molecule has 0 radical (unpaired) electrons. The highest BCUT2D eigenvalue weighted by Gasteiger charge is 2.17. The highest BCUT2D eigenvalue weighted by atomic mass is 16.2. The predicted molar refractivity (Wildman–Crippen MR) is 66.2 cm³/mol.